The molecule has 6 nitrogen and oxygen atoms in total. The lowest BCUT2D eigenvalue weighted by Crippen LogP contribution is -2.19. The second kappa shape index (κ2) is 7.75. The summed E-state index contributed by atoms with van der Waals surface area (Å²) in [5.41, 5.74) is 0.699. The fourth-order valence-electron chi connectivity index (χ4n) is 1.69. The van der Waals surface area contributed by atoms with Crippen molar-refractivity contribution in [2.45, 2.75) is 19.9 Å². The fraction of sp³-hybridized carbons (Fsp3) is 0.357. The van der Waals surface area contributed by atoms with E-state index in [0.29, 0.717) is 48.5 Å². The third-order valence-electron chi connectivity index (χ3n) is 2.66. The molecule has 2 rings (SSSR count). The Bertz CT molecular complexity index is 601. The molecule has 0 radical (unpaired) electrons. The molecule has 112 valence electrons. The van der Waals surface area contributed by atoms with Gasteiger partial charge in [0.05, 0.1) is 30.2 Å². The lowest BCUT2D eigenvalue weighted by atomic mass is 10.2. The first-order valence-electron chi connectivity index (χ1n) is 6.64. The van der Waals surface area contributed by atoms with Gasteiger partial charge < -0.3 is 14.5 Å². The van der Waals surface area contributed by atoms with Crippen LogP contribution >= 0.6 is 11.6 Å². The summed E-state index contributed by atoms with van der Waals surface area (Å²) in [6.07, 6.45) is 0.305. The molecule has 0 aliphatic heterocycles. The van der Waals surface area contributed by atoms with Crippen LogP contribution in [0.5, 0.6) is 0 Å². The van der Waals surface area contributed by atoms with Crippen molar-refractivity contribution < 1.29 is 13.9 Å². The highest BCUT2D eigenvalue weighted by molar-refractivity contribution is 6.33. The molecular weight excluding hydrogens is 294 g/mol. The Kier molecular flexibility index (Phi) is 5.71. The average molecular weight is 310 g/mol. The van der Waals surface area contributed by atoms with Gasteiger partial charge in [-0.15, -0.1) is 10.2 Å². The van der Waals surface area contributed by atoms with Crippen LogP contribution in [0, 0.1) is 0 Å². The number of nitrogens with zero attached hydrogens (tertiary/aromatic N) is 2. The van der Waals surface area contributed by atoms with E-state index in [2.05, 4.69) is 15.5 Å². The highest BCUT2D eigenvalue weighted by Crippen LogP contribution is 2.25. The molecule has 2 aromatic rings. The number of nitrogens with one attached hydrogen (secondary N) is 1. The van der Waals surface area contributed by atoms with Gasteiger partial charge in [-0.2, -0.15) is 0 Å². The Balaban J connectivity index is 1.84. The smallest absolute Gasteiger partial charge is 0.307 e. The quantitative estimate of drug-likeness (QED) is 0.625. The fourth-order valence-corrected chi connectivity index (χ4v) is 1.90. The normalized spacial score (nSPS) is 10.6. The van der Waals surface area contributed by atoms with E-state index in [1.165, 1.54) is 0 Å². The molecule has 1 heterocycles. The number of ether oxygens (including phenoxy) is 1. The van der Waals surface area contributed by atoms with Crippen molar-refractivity contribution in [2.75, 3.05) is 13.2 Å². The SMILES string of the molecule is CCOC(=O)CCNCc1nnc(-c2ccccc2Cl)o1. The average Bonchev–Trinajstić information content (AvgIpc) is 2.93. The van der Waals surface area contributed by atoms with Gasteiger partial charge in [-0.05, 0) is 19.1 Å². The Hall–Kier alpha value is -1.92. The van der Waals surface area contributed by atoms with Gasteiger partial charge in [0.15, 0.2) is 0 Å². The zero-order valence-electron chi connectivity index (χ0n) is 11.6. The number of carbonyl (C=O) groups excluding carboxylic acids is 1. The summed E-state index contributed by atoms with van der Waals surface area (Å²) in [5, 5.41) is 11.5. The van der Waals surface area contributed by atoms with Gasteiger partial charge in [0.25, 0.3) is 0 Å². The summed E-state index contributed by atoms with van der Waals surface area (Å²) < 4.78 is 10.3. The molecule has 0 bridgehead atoms. The summed E-state index contributed by atoms with van der Waals surface area (Å²) in [6, 6.07) is 7.26. The van der Waals surface area contributed by atoms with Crippen molar-refractivity contribution in [1.82, 2.24) is 15.5 Å². The van der Waals surface area contributed by atoms with Crippen LogP contribution in [0.3, 0.4) is 0 Å². The monoisotopic (exact) mass is 309 g/mol. The van der Waals surface area contributed by atoms with E-state index in [1.54, 1.807) is 13.0 Å². The van der Waals surface area contributed by atoms with Crippen LogP contribution < -0.4 is 5.32 Å². The summed E-state index contributed by atoms with van der Waals surface area (Å²) in [7, 11) is 0. The first-order chi connectivity index (χ1) is 10.2. The van der Waals surface area contributed by atoms with E-state index in [0.717, 1.165) is 0 Å². The Morgan fingerprint density at radius 1 is 1.38 bits per heavy atom. The number of carbonyl (C=O) groups is 1. The number of hydrogen-bond acceptors (Lipinski definition) is 6. The van der Waals surface area contributed by atoms with Gasteiger partial charge >= 0.3 is 5.97 Å². The van der Waals surface area contributed by atoms with Crippen molar-refractivity contribution in [2.24, 2.45) is 0 Å². The molecule has 1 aromatic heterocycles. The topological polar surface area (TPSA) is 77.2 Å². The molecule has 21 heavy (non-hydrogen) atoms. The zero-order chi connectivity index (χ0) is 15.1. The van der Waals surface area contributed by atoms with Crippen molar-refractivity contribution in [3.63, 3.8) is 0 Å². The molecule has 0 saturated heterocycles. The van der Waals surface area contributed by atoms with Gasteiger partial charge in [-0.3, -0.25) is 4.79 Å². The number of rotatable bonds is 7. The van der Waals surface area contributed by atoms with E-state index in [1.807, 2.05) is 18.2 Å². The van der Waals surface area contributed by atoms with E-state index in [4.69, 9.17) is 20.8 Å². The molecule has 1 N–H and O–H groups in total. The zero-order valence-corrected chi connectivity index (χ0v) is 12.4. The summed E-state index contributed by atoms with van der Waals surface area (Å²) >= 11 is 6.06. The number of halogens is 1. The van der Waals surface area contributed by atoms with E-state index in [-0.39, 0.29) is 5.97 Å². The van der Waals surface area contributed by atoms with E-state index >= 15 is 0 Å². The molecule has 0 fully saturated rings. The molecule has 7 heteroatoms. The van der Waals surface area contributed by atoms with Crippen LogP contribution in [0.4, 0.5) is 0 Å². The van der Waals surface area contributed by atoms with Gasteiger partial charge in [0, 0.05) is 6.54 Å². The van der Waals surface area contributed by atoms with Gasteiger partial charge in [0.2, 0.25) is 11.8 Å². The third kappa shape index (κ3) is 4.54. The minimum Gasteiger partial charge on any atom is -0.466 e. The summed E-state index contributed by atoms with van der Waals surface area (Å²) in [5.74, 6) is 0.587. The van der Waals surface area contributed by atoms with Crippen LogP contribution in [-0.4, -0.2) is 29.3 Å². The predicted molar refractivity (Wildman–Crippen MR) is 77.7 cm³/mol. The molecule has 0 aliphatic carbocycles. The maximum absolute atomic E-state index is 11.2. The van der Waals surface area contributed by atoms with Crippen LogP contribution in [0.2, 0.25) is 5.02 Å². The third-order valence-corrected chi connectivity index (χ3v) is 2.99. The maximum atomic E-state index is 11.2. The van der Waals surface area contributed by atoms with Gasteiger partial charge in [-0.1, -0.05) is 23.7 Å². The Morgan fingerprint density at radius 3 is 2.95 bits per heavy atom. The molecular formula is C14H16ClN3O3. The van der Waals surface area contributed by atoms with Gasteiger partial charge in [0.1, 0.15) is 0 Å². The number of esters is 1. The predicted octanol–water partition coefficient (Wildman–Crippen LogP) is 2.43. The minimum absolute atomic E-state index is 0.229. The lowest BCUT2D eigenvalue weighted by molar-refractivity contribution is -0.142. The molecule has 0 amide bonds. The molecule has 1 aromatic carbocycles. The molecule has 0 spiro atoms. The maximum Gasteiger partial charge on any atom is 0.307 e. The van der Waals surface area contributed by atoms with Crippen LogP contribution in [-0.2, 0) is 16.1 Å². The van der Waals surface area contributed by atoms with E-state index in [9.17, 15) is 4.79 Å². The van der Waals surface area contributed by atoms with Crippen LogP contribution in [0.15, 0.2) is 28.7 Å². The number of aromatic nitrogens is 2. The minimum atomic E-state index is -0.229. The molecule has 0 unspecified atom stereocenters. The highest BCUT2D eigenvalue weighted by atomic mass is 35.5. The first-order valence-corrected chi connectivity index (χ1v) is 7.02. The molecule has 0 atom stereocenters. The van der Waals surface area contributed by atoms with Gasteiger partial charge in [-0.25, -0.2) is 0 Å². The van der Waals surface area contributed by atoms with E-state index < -0.39 is 0 Å². The largest absolute Gasteiger partial charge is 0.466 e. The van der Waals surface area contributed by atoms with Crippen LogP contribution in [0.1, 0.15) is 19.2 Å². The second-order valence-electron chi connectivity index (χ2n) is 4.21. The number of hydrogen-bond donors (Lipinski definition) is 1. The Morgan fingerprint density at radius 2 is 2.19 bits per heavy atom. The number of benzene rings is 1. The Labute approximate surface area is 127 Å². The van der Waals surface area contributed by atoms with Crippen molar-refractivity contribution >= 4 is 17.6 Å². The summed E-state index contributed by atoms with van der Waals surface area (Å²) in [4.78, 5) is 11.2. The highest BCUT2D eigenvalue weighted by Gasteiger charge is 2.11. The van der Waals surface area contributed by atoms with Crippen molar-refractivity contribution in [1.29, 1.82) is 0 Å². The molecule has 0 aliphatic rings. The standard InChI is InChI=1S/C14H16ClN3O3/c1-2-20-13(19)7-8-16-9-12-17-18-14(21-12)10-5-3-4-6-11(10)15/h3-6,16H,2,7-9H2,1H3. The lowest BCUT2D eigenvalue weighted by Gasteiger charge is -2.02. The van der Waals surface area contributed by atoms with Crippen molar-refractivity contribution in [3.05, 3.63) is 35.2 Å². The van der Waals surface area contributed by atoms with Crippen molar-refractivity contribution in [3.8, 4) is 11.5 Å². The molecule has 0 saturated carbocycles. The van der Waals surface area contributed by atoms with Crippen LogP contribution in [0.25, 0.3) is 11.5 Å². The second-order valence-corrected chi connectivity index (χ2v) is 4.62. The first kappa shape index (κ1) is 15.5. The summed E-state index contributed by atoms with van der Waals surface area (Å²) in [6.45, 7) is 3.04.